The van der Waals surface area contributed by atoms with Gasteiger partial charge in [0.05, 0.1) is 7.11 Å². The summed E-state index contributed by atoms with van der Waals surface area (Å²) in [6.45, 7) is 1.14. The second-order valence-electron chi connectivity index (χ2n) is 5.86. The van der Waals surface area contributed by atoms with Gasteiger partial charge in [0.1, 0.15) is 5.75 Å². The van der Waals surface area contributed by atoms with Crippen molar-refractivity contribution < 1.29 is 9.53 Å². The fourth-order valence-corrected chi connectivity index (χ4v) is 2.72. The van der Waals surface area contributed by atoms with Crippen molar-refractivity contribution in [1.82, 2.24) is 4.90 Å². The summed E-state index contributed by atoms with van der Waals surface area (Å²) in [6, 6.07) is 27.4. The molecule has 1 amide bonds. The zero-order chi connectivity index (χ0) is 17.5. The van der Waals surface area contributed by atoms with Gasteiger partial charge in [-0.1, -0.05) is 60.7 Å². The maximum atomic E-state index is 13.0. The molecular formula is C22H21NO2. The molecule has 0 atom stereocenters. The summed E-state index contributed by atoms with van der Waals surface area (Å²) >= 11 is 0. The smallest absolute Gasteiger partial charge is 0.254 e. The van der Waals surface area contributed by atoms with Crippen molar-refractivity contribution in [3.05, 3.63) is 102 Å². The Labute approximate surface area is 148 Å². The second-order valence-corrected chi connectivity index (χ2v) is 5.86. The zero-order valence-electron chi connectivity index (χ0n) is 14.3. The Bertz CT molecular complexity index is 757. The van der Waals surface area contributed by atoms with E-state index < -0.39 is 0 Å². The van der Waals surface area contributed by atoms with Crippen LogP contribution in [0.5, 0.6) is 5.75 Å². The molecule has 0 saturated carbocycles. The number of nitrogens with zero attached hydrogens (tertiary/aromatic N) is 1. The van der Waals surface area contributed by atoms with Crippen LogP contribution in [0.25, 0.3) is 0 Å². The lowest BCUT2D eigenvalue weighted by Crippen LogP contribution is -2.30. The number of carbonyl (C=O) groups excluding carboxylic acids is 1. The maximum Gasteiger partial charge on any atom is 0.254 e. The minimum absolute atomic E-state index is 0.00959. The second kappa shape index (κ2) is 8.15. The first-order valence-electron chi connectivity index (χ1n) is 8.27. The highest BCUT2D eigenvalue weighted by molar-refractivity contribution is 5.94. The molecule has 0 heterocycles. The molecule has 0 N–H and O–H groups in total. The van der Waals surface area contributed by atoms with Gasteiger partial charge in [-0.3, -0.25) is 4.79 Å². The molecule has 3 aromatic carbocycles. The summed E-state index contributed by atoms with van der Waals surface area (Å²) < 4.78 is 5.18. The molecule has 0 unspecified atom stereocenters. The molecule has 0 aromatic heterocycles. The first-order chi connectivity index (χ1) is 12.3. The number of rotatable bonds is 6. The van der Waals surface area contributed by atoms with Gasteiger partial charge in [-0.05, 0) is 35.4 Å². The maximum absolute atomic E-state index is 13.0. The van der Waals surface area contributed by atoms with Gasteiger partial charge in [0.25, 0.3) is 5.91 Å². The van der Waals surface area contributed by atoms with Crippen LogP contribution in [-0.2, 0) is 13.1 Å². The molecule has 3 nitrogen and oxygen atoms in total. The average molecular weight is 331 g/mol. The minimum Gasteiger partial charge on any atom is -0.497 e. The normalized spacial score (nSPS) is 10.3. The van der Waals surface area contributed by atoms with Crippen molar-refractivity contribution >= 4 is 5.91 Å². The quantitative estimate of drug-likeness (QED) is 0.664. The molecular weight excluding hydrogens is 310 g/mol. The highest BCUT2D eigenvalue weighted by Gasteiger charge is 2.16. The number of carbonyl (C=O) groups is 1. The summed E-state index contributed by atoms with van der Waals surface area (Å²) in [4.78, 5) is 14.9. The van der Waals surface area contributed by atoms with Crippen molar-refractivity contribution in [2.45, 2.75) is 13.1 Å². The third kappa shape index (κ3) is 4.48. The van der Waals surface area contributed by atoms with Crippen LogP contribution in [-0.4, -0.2) is 17.9 Å². The largest absolute Gasteiger partial charge is 0.497 e. The topological polar surface area (TPSA) is 29.5 Å². The first-order valence-corrected chi connectivity index (χ1v) is 8.27. The molecule has 0 aliphatic carbocycles. The van der Waals surface area contributed by atoms with Crippen molar-refractivity contribution in [1.29, 1.82) is 0 Å². The fraction of sp³-hybridized carbons (Fsp3) is 0.136. The molecule has 0 aliphatic rings. The summed E-state index contributed by atoms with van der Waals surface area (Å²) in [6.07, 6.45) is 0. The molecule has 0 radical (unpaired) electrons. The Morgan fingerprint density at radius 2 is 1.24 bits per heavy atom. The lowest BCUT2D eigenvalue weighted by molar-refractivity contribution is 0.0730. The number of methoxy groups -OCH3 is 1. The van der Waals surface area contributed by atoms with E-state index in [2.05, 4.69) is 0 Å². The zero-order valence-corrected chi connectivity index (χ0v) is 14.3. The Morgan fingerprint density at radius 3 is 1.68 bits per heavy atom. The van der Waals surface area contributed by atoms with Gasteiger partial charge in [-0.2, -0.15) is 0 Å². The van der Waals surface area contributed by atoms with E-state index in [0.717, 1.165) is 16.9 Å². The highest BCUT2D eigenvalue weighted by atomic mass is 16.5. The van der Waals surface area contributed by atoms with E-state index in [1.807, 2.05) is 89.8 Å². The number of amides is 1. The molecule has 0 aliphatic heterocycles. The van der Waals surface area contributed by atoms with E-state index in [4.69, 9.17) is 4.74 Å². The number of hydrogen-bond donors (Lipinski definition) is 0. The number of ether oxygens (including phenoxy) is 1. The van der Waals surface area contributed by atoms with Crippen LogP contribution in [0.15, 0.2) is 84.9 Å². The molecule has 0 saturated heterocycles. The molecule has 3 rings (SSSR count). The Balaban J connectivity index is 1.84. The lowest BCUT2D eigenvalue weighted by atomic mass is 10.1. The molecule has 25 heavy (non-hydrogen) atoms. The summed E-state index contributed by atoms with van der Waals surface area (Å²) in [5.74, 6) is 0.754. The lowest BCUT2D eigenvalue weighted by Gasteiger charge is -2.23. The van der Waals surface area contributed by atoms with E-state index >= 15 is 0 Å². The Hall–Kier alpha value is -3.07. The van der Waals surface area contributed by atoms with Gasteiger partial charge < -0.3 is 9.64 Å². The predicted octanol–water partition coefficient (Wildman–Crippen LogP) is 4.54. The van der Waals surface area contributed by atoms with E-state index in [-0.39, 0.29) is 5.91 Å². The Morgan fingerprint density at radius 1 is 0.760 bits per heavy atom. The number of benzene rings is 3. The molecule has 3 aromatic rings. The molecule has 0 fully saturated rings. The van der Waals surface area contributed by atoms with Gasteiger partial charge in [-0.15, -0.1) is 0 Å². The monoisotopic (exact) mass is 331 g/mol. The van der Waals surface area contributed by atoms with Crippen LogP contribution in [0, 0.1) is 0 Å². The van der Waals surface area contributed by atoms with Crippen LogP contribution in [0.3, 0.4) is 0 Å². The van der Waals surface area contributed by atoms with Gasteiger partial charge in [0.2, 0.25) is 0 Å². The van der Waals surface area contributed by atoms with E-state index in [1.54, 1.807) is 7.11 Å². The molecule has 0 bridgehead atoms. The van der Waals surface area contributed by atoms with Gasteiger partial charge in [-0.25, -0.2) is 0 Å². The van der Waals surface area contributed by atoms with E-state index in [9.17, 15) is 4.79 Å². The Kier molecular flexibility index (Phi) is 5.47. The summed E-state index contributed by atoms with van der Waals surface area (Å²) in [5.41, 5.74) is 2.88. The standard InChI is InChI=1S/C22H21NO2/c1-25-21-14-12-20(13-15-21)22(24)23(16-18-8-4-2-5-9-18)17-19-10-6-3-7-11-19/h2-15H,16-17H2,1H3. The summed E-state index contributed by atoms with van der Waals surface area (Å²) in [7, 11) is 1.62. The van der Waals surface area contributed by atoms with Crippen LogP contribution in [0.4, 0.5) is 0 Å². The highest BCUT2D eigenvalue weighted by Crippen LogP contribution is 2.17. The van der Waals surface area contributed by atoms with Crippen LogP contribution >= 0.6 is 0 Å². The minimum atomic E-state index is 0.00959. The third-order valence-electron chi connectivity index (χ3n) is 4.06. The number of hydrogen-bond acceptors (Lipinski definition) is 2. The third-order valence-corrected chi connectivity index (χ3v) is 4.06. The van der Waals surface area contributed by atoms with Crippen molar-refractivity contribution in [2.24, 2.45) is 0 Å². The van der Waals surface area contributed by atoms with Gasteiger partial charge in [0.15, 0.2) is 0 Å². The van der Waals surface area contributed by atoms with E-state index in [0.29, 0.717) is 18.7 Å². The van der Waals surface area contributed by atoms with Crippen molar-refractivity contribution in [3.63, 3.8) is 0 Å². The summed E-state index contributed by atoms with van der Waals surface area (Å²) in [5, 5.41) is 0. The first kappa shape index (κ1) is 16.8. The van der Waals surface area contributed by atoms with Crippen LogP contribution in [0.2, 0.25) is 0 Å². The van der Waals surface area contributed by atoms with Gasteiger partial charge in [0, 0.05) is 18.7 Å². The molecule has 0 spiro atoms. The van der Waals surface area contributed by atoms with Crippen molar-refractivity contribution in [2.75, 3.05) is 7.11 Å². The van der Waals surface area contributed by atoms with Crippen LogP contribution < -0.4 is 4.74 Å². The fourth-order valence-electron chi connectivity index (χ4n) is 2.72. The molecule has 3 heteroatoms. The SMILES string of the molecule is COc1ccc(C(=O)N(Cc2ccccc2)Cc2ccccc2)cc1. The van der Waals surface area contributed by atoms with Crippen molar-refractivity contribution in [3.8, 4) is 5.75 Å². The predicted molar refractivity (Wildman–Crippen MR) is 99.5 cm³/mol. The molecule has 126 valence electrons. The average Bonchev–Trinajstić information content (AvgIpc) is 2.68. The van der Waals surface area contributed by atoms with Crippen LogP contribution in [0.1, 0.15) is 21.5 Å². The van der Waals surface area contributed by atoms with Gasteiger partial charge >= 0.3 is 0 Å². The van der Waals surface area contributed by atoms with E-state index in [1.165, 1.54) is 0 Å².